The number of rotatable bonds is 12. The van der Waals surface area contributed by atoms with Crippen LogP contribution in [0.2, 0.25) is 0 Å². The molecular formula is C44H71ClN2O8. The number of ether oxygens (including phenoxy) is 3. The van der Waals surface area contributed by atoms with E-state index in [-0.39, 0.29) is 71.5 Å². The van der Waals surface area contributed by atoms with Crippen LogP contribution < -0.4 is 20.9 Å². The number of carbonyl (C=O) groups is 2. The summed E-state index contributed by atoms with van der Waals surface area (Å²) in [5.74, 6) is 2.10. The summed E-state index contributed by atoms with van der Waals surface area (Å²) in [4.78, 5) is 26.1. The average molecular weight is 792 g/mol. The van der Waals surface area contributed by atoms with Crippen LogP contribution in [-0.2, 0) is 20.7 Å². The summed E-state index contributed by atoms with van der Waals surface area (Å²) in [5.41, 5.74) is 14.4. The lowest BCUT2D eigenvalue weighted by Crippen LogP contribution is -2.62. The van der Waals surface area contributed by atoms with Gasteiger partial charge < -0.3 is 41.0 Å². The summed E-state index contributed by atoms with van der Waals surface area (Å²) in [6.07, 6.45) is 9.30. The number of nitrogens with two attached hydrogens (primary N) is 2. The first-order valence-electron chi connectivity index (χ1n) is 21.1. The van der Waals surface area contributed by atoms with E-state index in [1.54, 1.807) is 0 Å². The van der Waals surface area contributed by atoms with Gasteiger partial charge in [0.15, 0.2) is 0 Å². The molecule has 5 aliphatic rings. The molecule has 6 rings (SSSR count). The van der Waals surface area contributed by atoms with E-state index < -0.39 is 29.8 Å². The fourth-order valence-electron chi connectivity index (χ4n) is 12.3. The maximum atomic E-state index is 13.3. The molecule has 4 fully saturated rings. The van der Waals surface area contributed by atoms with Gasteiger partial charge in [-0.25, -0.2) is 4.79 Å². The summed E-state index contributed by atoms with van der Waals surface area (Å²) in [6, 6.07) is -0.704. The van der Waals surface area contributed by atoms with Gasteiger partial charge in [0.1, 0.15) is 29.7 Å². The van der Waals surface area contributed by atoms with Gasteiger partial charge in [0.2, 0.25) is 0 Å². The zero-order valence-electron chi connectivity index (χ0n) is 34.5. The fraction of sp³-hybridized carbons (Fsp3) is 0.818. The molecule has 4 saturated carbocycles. The summed E-state index contributed by atoms with van der Waals surface area (Å²) in [5, 5.41) is 34.0. The van der Waals surface area contributed by atoms with Crippen LogP contribution in [0.1, 0.15) is 133 Å². The number of esters is 2. The minimum atomic E-state index is -0.704. The molecule has 11 heteroatoms. The number of carbonyl (C=O) groups excluding carboxylic acids is 2. The summed E-state index contributed by atoms with van der Waals surface area (Å²) in [6.45, 7) is 15.4. The minimum absolute atomic E-state index is 0. The van der Waals surface area contributed by atoms with Crippen LogP contribution in [0.15, 0.2) is 0 Å². The van der Waals surface area contributed by atoms with Crippen molar-refractivity contribution in [3.63, 3.8) is 0 Å². The van der Waals surface area contributed by atoms with Crippen molar-refractivity contribution in [1.82, 2.24) is 0 Å². The molecule has 1 heterocycles. The molecule has 1 aliphatic heterocycles. The first-order valence-corrected chi connectivity index (χ1v) is 21.1. The average Bonchev–Trinajstić information content (AvgIpc) is 3.50. The summed E-state index contributed by atoms with van der Waals surface area (Å²) >= 11 is 0. The maximum Gasteiger partial charge on any atom is 0.328 e. The zero-order valence-corrected chi connectivity index (χ0v) is 35.3. The Morgan fingerprint density at radius 2 is 1.65 bits per heavy atom. The Kier molecular flexibility index (Phi) is 13.7. The molecule has 0 amide bonds. The van der Waals surface area contributed by atoms with Gasteiger partial charge in [0, 0.05) is 12.0 Å². The highest BCUT2D eigenvalue weighted by Crippen LogP contribution is 2.68. The molecule has 1 aromatic rings. The van der Waals surface area contributed by atoms with Crippen LogP contribution in [0.3, 0.4) is 0 Å². The van der Waals surface area contributed by atoms with Crippen molar-refractivity contribution in [2.45, 2.75) is 168 Å². The molecule has 13 atom stereocenters. The first-order chi connectivity index (χ1) is 25.4. The Labute approximate surface area is 335 Å². The van der Waals surface area contributed by atoms with Crippen molar-refractivity contribution in [1.29, 1.82) is 0 Å². The Balaban J connectivity index is 0.00000580. The van der Waals surface area contributed by atoms with E-state index in [1.807, 2.05) is 27.7 Å². The molecule has 7 N–H and O–H groups in total. The zero-order chi connectivity index (χ0) is 39.3. The van der Waals surface area contributed by atoms with Crippen molar-refractivity contribution in [3.05, 3.63) is 22.3 Å². The summed E-state index contributed by atoms with van der Waals surface area (Å²) in [7, 11) is 0. The second-order valence-corrected chi connectivity index (χ2v) is 19.1. The van der Waals surface area contributed by atoms with Crippen LogP contribution in [0, 0.1) is 67.1 Å². The lowest BCUT2D eigenvalue weighted by Gasteiger charge is -2.63. The van der Waals surface area contributed by atoms with Gasteiger partial charge in [-0.2, -0.15) is 0 Å². The molecule has 0 saturated heterocycles. The first kappa shape index (κ1) is 44.2. The molecular weight excluding hydrogens is 720 g/mol. The highest BCUT2D eigenvalue weighted by Gasteiger charge is 2.65. The predicted molar refractivity (Wildman–Crippen MR) is 215 cm³/mol. The molecule has 0 aromatic heterocycles. The molecule has 1 unspecified atom stereocenters. The highest BCUT2D eigenvalue weighted by molar-refractivity contribution is 5.85. The number of hydrogen-bond donors (Lipinski definition) is 5. The van der Waals surface area contributed by atoms with E-state index in [9.17, 15) is 24.9 Å². The topological polar surface area (TPSA) is 175 Å². The van der Waals surface area contributed by atoms with Crippen LogP contribution in [0.4, 0.5) is 0 Å². The largest absolute Gasteiger partial charge is 0.483 e. The number of aliphatic hydroxyl groups is 3. The van der Waals surface area contributed by atoms with Crippen LogP contribution in [0.25, 0.3) is 0 Å². The van der Waals surface area contributed by atoms with E-state index in [0.717, 1.165) is 79.4 Å². The van der Waals surface area contributed by atoms with Crippen LogP contribution >= 0.6 is 12.4 Å². The molecule has 1 aromatic carbocycles. The molecule has 55 heavy (non-hydrogen) atoms. The standard InChI is InChI=1S/C44H70N2O8.ClH/c1-24(31-12-13-32-38-33(22-36(49)44(31,32)7)43(6)18-15-29(47)20-28(43)21-35(38)48)11-14-37(50)52-23-42(5)17-16-30-27(4)39(25(2)26(3)40(30)54-42)53-41(51)34(46)10-8-9-19-45;/h24,28-29,31-36,38,47-49H,8-23,45-46H2,1-7H3;1H/t24?,28-,29+,31+,32-,33-,34-,35+,36-,38-,42-,43-,44+;/m0./s1. The molecule has 0 bridgehead atoms. The van der Waals surface area contributed by atoms with E-state index in [2.05, 4.69) is 20.8 Å². The van der Waals surface area contributed by atoms with E-state index >= 15 is 0 Å². The Morgan fingerprint density at radius 3 is 2.36 bits per heavy atom. The van der Waals surface area contributed by atoms with Crippen LogP contribution in [0.5, 0.6) is 11.5 Å². The molecule has 0 spiro atoms. The number of fused-ring (bicyclic) bond motifs is 6. The van der Waals surface area contributed by atoms with Gasteiger partial charge in [-0.05, 0) is 174 Å². The van der Waals surface area contributed by atoms with E-state index in [4.69, 9.17) is 25.7 Å². The smallest absolute Gasteiger partial charge is 0.328 e. The van der Waals surface area contributed by atoms with Gasteiger partial charge in [0.05, 0.1) is 18.3 Å². The van der Waals surface area contributed by atoms with Gasteiger partial charge in [-0.1, -0.05) is 27.2 Å². The Bertz CT molecular complexity index is 1560. The Hall–Kier alpha value is -1.95. The molecule has 0 radical (unpaired) electrons. The quantitative estimate of drug-likeness (QED) is 0.0906. The third-order valence-corrected chi connectivity index (χ3v) is 15.9. The number of halogens is 1. The van der Waals surface area contributed by atoms with Crippen molar-refractivity contribution in [3.8, 4) is 11.5 Å². The van der Waals surface area contributed by atoms with Crippen LogP contribution in [-0.4, -0.2) is 70.4 Å². The number of aliphatic hydroxyl groups excluding tert-OH is 3. The lowest BCUT2D eigenvalue weighted by atomic mass is 9.43. The second kappa shape index (κ2) is 17.1. The van der Waals surface area contributed by atoms with Crippen molar-refractivity contribution < 1.29 is 39.1 Å². The number of hydrogen-bond acceptors (Lipinski definition) is 10. The Morgan fingerprint density at radius 1 is 0.927 bits per heavy atom. The van der Waals surface area contributed by atoms with Crippen molar-refractivity contribution in [2.75, 3.05) is 13.2 Å². The van der Waals surface area contributed by atoms with E-state index in [1.165, 1.54) is 0 Å². The third-order valence-electron chi connectivity index (χ3n) is 15.9. The predicted octanol–water partition coefficient (Wildman–Crippen LogP) is 6.40. The SMILES string of the molecule is Cc1c(C)c2c(c(C)c1OC(=O)[C@@H](N)CCCCN)CC[C@@](C)(COC(=O)CCC(C)[C@H]1CC[C@H]3[C@@H]4[C@H](O)C[C@@H]5C[C@H](O)CC[C@]5(C)[C@H]4C[C@H](O)[C@]13C)O2.Cl. The monoisotopic (exact) mass is 790 g/mol. The number of unbranched alkanes of at least 4 members (excludes halogenated alkanes) is 1. The van der Waals surface area contributed by atoms with Gasteiger partial charge >= 0.3 is 11.9 Å². The van der Waals surface area contributed by atoms with E-state index in [0.29, 0.717) is 56.7 Å². The second-order valence-electron chi connectivity index (χ2n) is 19.1. The third kappa shape index (κ3) is 8.21. The molecule has 10 nitrogen and oxygen atoms in total. The highest BCUT2D eigenvalue weighted by atomic mass is 35.5. The normalized spacial score (nSPS) is 37.5. The van der Waals surface area contributed by atoms with Gasteiger partial charge in [-0.15, -0.1) is 12.4 Å². The molecule has 4 aliphatic carbocycles. The number of benzene rings is 1. The fourth-order valence-corrected chi connectivity index (χ4v) is 12.3. The maximum absolute atomic E-state index is 13.3. The minimum Gasteiger partial charge on any atom is -0.483 e. The summed E-state index contributed by atoms with van der Waals surface area (Å²) < 4.78 is 18.4. The van der Waals surface area contributed by atoms with Gasteiger partial charge in [0.25, 0.3) is 0 Å². The molecule has 312 valence electrons. The lowest BCUT2D eigenvalue weighted by molar-refractivity contribution is -0.207. The van der Waals surface area contributed by atoms with Crippen molar-refractivity contribution >= 4 is 24.3 Å². The van der Waals surface area contributed by atoms with Crippen molar-refractivity contribution in [2.24, 2.45) is 57.8 Å². The van der Waals surface area contributed by atoms with Gasteiger partial charge in [-0.3, -0.25) is 4.79 Å².